The fourth-order valence-electron chi connectivity index (χ4n) is 2.39. The van der Waals surface area contributed by atoms with Crippen LogP contribution in [0.4, 0.5) is 5.69 Å². The van der Waals surface area contributed by atoms with Crippen molar-refractivity contribution in [2.45, 2.75) is 44.6 Å². The third-order valence-electron chi connectivity index (χ3n) is 3.60. The van der Waals surface area contributed by atoms with Gasteiger partial charge in [-0.3, -0.25) is 10.1 Å². The Bertz CT molecular complexity index is 470. The van der Waals surface area contributed by atoms with E-state index in [0.717, 1.165) is 25.7 Å². The second-order valence-corrected chi connectivity index (χ2v) is 5.28. The fourth-order valence-corrected chi connectivity index (χ4v) is 2.39. The van der Waals surface area contributed by atoms with Crippen LogP contribution in [0.15, 0.2) is 12.3 Å². The number of pyridine rings is 1. The molecule has 0 unspecified atom stereocenters. The van der Waals surface area contributed by atoms with Crippen molar-refractivity contribution >= 4 is 5.69 Å². The maximum absolute atomic E-state index is 10.8. The Labute approximate surface area is 112 Å². The van der Waals surface area contributed by atoms with Crippen LogP contribution in [0, 0.1) is 17.0 Å². The zero-order valence-corrected chi connectivity index (χ0v) is 11.1. The van der Waals surface area contributed by atoms with E-state index in [4.69, 9.17) is 10.5 Å². The van der Waals surface area contributed by atoms with E-state index in [1.807, 2.05) is 0 Å². The number of aromatic nitrogens is 1. The molecular weight excluding hydrogens is 246 g/mol. The Morgan fingerprint density at radius 2 is 2.16 bits per heavy atom. The highest BCUT2D eigenvalue weighted by Crippen LogP contribution is 2.27. The number of nitro groups is 1. The van der Waals surface area contributed by atoms with Gasteiger partial charge in [-0.15, -0.1) is 0 Å². The van der Waals surface area contributed by atoms with Gasteiger partial charge in [0, 0.05) is 11.8 Å². The van der Waals surface area contributed by atoms with Crippen LogP contribution in [0.3, 0.4) is 0 Å². The van der Waals surface area contributed by atoms with Crippen LogP contribution in [-0.2, 0) is 0 Å². The molecule has 2 rings (SSSR count). The molecule has 1 aromatic heterocycles. The molecular formula is C13H19N3O3. The smallest absolute Gasteiger partial charge is 0.279 e. The predicted molar refractivity (Wildman–Crippen MR) is 71.1 cm³/mol. The molecule has 0 atom stereocenters. The molecule has 6 heteroatoms. The van der Waals surface area contributed by atoms with Crippen molar-refractivity contribution in [3.05, 3.63) is 27.9 Å². The van der Waals surface area contributed by atoms with E-state index in [1.165, 1.54) is 18.7 Å². The Hall–Kier alpha value is -1.69. The van der Waals surface area contributed by atoms with Crippen LogP contribution >= 0.6 is 0 Å². The number of hydrogen-bond acceptors (Lipinski definition) is 5. The molecule has 0 bridgehead atoms. The van der Waals surface area contributed by atoms with Gasteiger partial charge < -0.3 is 10.5 Å². The van der Waals surface area contributed by atoms with Gasteiger partial charge in [-0.2, -0.15) is 0 Å². The molecule has 0 saturated heterocycles. The van der Waals surface area contributed by atoms with Gasteiger partial charge in [0.05, 0.1) is 16.5 Å². The third kappa shape index (κ3) is 3.41. The lowest BCUT2D eigenvalue weighted by Gasteiger charge is -2.32. The lowest BCUT2D eigenvalue weighted by Crippen LogP contribution is -2.47. The van der Waals surface area contributed by atoms with Crippen LogP contribution < -0.4 is 10.5 Å². The number of aryl methyl sites for hydroxylation is 1. The predicted octanol–water partition coefficient (Wildman–Crippen LogP) is 2.34. The summed E-state index contributed by atoms with van der Waals surface area (Å²) in [4.78, 5) is 14.5. The zero-order chi connectivity index (χ0) is 13.9. The van der Waals surface area contributed by atoms with Crippen molar-refractivity contribution in [2.75, 3.05) is 6.61 Å². The normalized spacial score (nSPS) is 18.0. The van der Waals surface area contributed by atoms with E-state index in [1.54, 1.807) is 6.92 Å². The highest BCUT2D eigenvalue weighted by molar-refractivity contribution is 5.40. The lowest BCUT2D eigenvalue weighted by molar-refractivity contribution is -0.385. The van der Waals surface area contributed by atoms with Gasteiger partial charge in [0.2, 0.25) is 5.88 Å². The summed E-state index contributed by atoms with van der Waals surface area (Å²) in [5, 5.41) is 10.8. The molecule has 0 amide bonds. The summed E-state index contributed by atoms with van der Waals surface area (Å²) >= 11 is 0. The molecule has 104 valence electrons. The Kier molecular flexibility index (Phi) is 3.99. The first-order valence-corrected chi connectivity index (χ1v) is 6.53. The molecule has 0 aliphatic heterocycles. The average molecular weight is 265 g/mol. The Balaban J connectivity index is 2.03. The number of hydrogen-bond donors (Lipinski definition) is 1. The molecule has 1 aliphatic rings. The van der Waals surface area contributed by atoms with Gasteiger partial charge in [-0.1, -0.05) is 19.3 Å². The SMILES string of the molecule is Cc1cnc(OCC2(N)CCCCC2)cc1[N+](=O)[O-]. The number of rotatable bonds is 4. The van der Waals surface area contributed by atoms with Crippen molar-refractivity contribution in [1.29, 1.82) is 0 Å². The van der Waals surface area contributed by atoms with Crippen molar-refractivity contribution in [2.24, 2.45) is 5.73 Å². The summed E-state index contributed by atoms with van der Waals surface area (Å²) in [5.41, 5.74) is 6.48. The van der Waals surface area contributed by atoms with Crippen molar-refractivity contribution in [3.8, 4) is 5.88 Å². The Morgan fingerprint density at radius 1 is 1.47 bits per heavy atom. The summed E-state index contributed by atoms with van der Waals surface area (Å²) in [5.74, 6) is 0.271. The van der Waals surface area contributed by atoms with Crippen LogP contribution in [0.25, 0.3) is 0 Å². The molecule has 1 aromatic rings. The standard InChI is InChI=1S/C13H19N3O3/c1-10-8-15-12(7-11(10)16(17)18)19-9-13(14)5-3-2-4-6-13/h7-8H,2-6,9,14H2,1H3. The quantitative estimate of drug-likeness (QED) is 0.666. The maximum atomic E-state index is 10.8. The fraction of sp³-hybridized carbons (Fsp3) is 0.615. The topological polar surface area (TPSA) is 91.3 Å². The van der Waals surface area contributed by atoms with Gasteiger partial charge in [0.25, 0.3) is 5.69 Å². The van der Waals surface area contributed by atoms with E-state index < -0.39 is 4.92 Å². The minimum Gasteiger partial charge on any atom is -0.476 e. The van der Waals surface area contributed by atoms with E-state index in [2.05, 4.69) is 4.98 Å². The first-order valence-electron chi connectivity index (χ1n) is 6.53. The van der Waals surface area contributed by atoms with Gasteiger partial charge in [-0.25, -0.2) is 4.98 Å². The highest BCUT2D eigenvalue weighted by Gasteiger charge is 2.28. The lowest BCUT2D eigenvalue weighted by atomic mass is 9.83. The van der Waals surface area contributed by atoms with Gasteiger partial charge >= 0.3 is 0 Å². The van der Waals surface area contributed by atoms with Crippen molar-refractivity contribution in [1.82, 2.24) is 4.98 Å². The molecule has 0 radical (unpaired) electrons. The van der Waals surface area contributed by atoms with Crippen LogP contribution in [-0.4, -0.2) is 22.1 Å². The van der Waals surface area contributed by atoms with E-state index in [9.17, 15) is 10.1 Å². The minimum atomic E-state index is -0.428. The highest BCUT2D eigenvalue weighted by atomic mass is 16.6. The second kappa shape index (κ2) is 5.52. The molecule has 6 nitrogen and oxygen atoms in total. The van der Waals surface area contributed by atoms with Crippen LogP contribution in [0.1, 0.15) is 37.7 Å². The second-order valence-electron chi connectivity index (χ2n) is 5.28. The van der Waals surface area contributed by atoms with E-state index in [-0.39, 0.29) is 17.1 Å². The first-order chi connectivity index (χ1) is 9.00. The van der Waals surface area contributed by atoms with Crippen LogP contribution in [0.5, 0.6) is 5.88 Å². The largest absolute Gasteiger partial charge is 0.476 e. The summed E-state index contributed by atoms with van der Waals surface area (Å²) in [7, 11) is 0. The summed E-state index contributed by atoms with van der Waals surface area (Å²) in [6.45, 7) is 2.01. The maximum Gasteiger partial charge on any atom is 0.279 e. The van der Waals surface area contributed by atoms with Crippen molar-refractivity contribution in [3.63, 3.8) is 0 Å². The average Bonchev–Trinajstić information content (AvgIpc) is 2.38. The molecule has 19 heavy (non-hydrogen) atoms. The van der Waals surface area contributed by atoms with Gasteiger partial charge in [0.1, 0.15) is 6.61 Å². The number of nitrogens with zero attached hydrogens (tertiary/aromatic N) is 2. The number of ether oxygens (including phenoxy) is 1. The molecule has 2 N–H and O–H groups in total. The zero-order valence-electron chi connectivity index (χ0n) is 11.1. The molecule has 1 fully saturated rings. The summed E-state index contributed by atoms with van der Waals surface area (Å²) < 4.78 is 5.55. The molecule has 1 saturated carbocycles. The summed E-state index contributed by atoms with van der Waals surface area (Å²) in [6.07, 6.45) is 6.76. The minimum absolute atomic E-state index is 0.0275. The number of nitrogens with two attached hydrogens (primary N) is 1. The monoisotopic (exact) mass is 265 g/mol. The first kappa shape index (κ1) is 13.7. The third-order valence-corrected chi connectivity index (χ3v) is 3.60. The Morgan fingerprint density at radius 3 is 2.79 bits per heavy atom. The summed E-state index contributed by atoms with van der Waals surface area (Å²) in [6, 6.07) is 1.36. The van der Waals surface area contributed by atoms with Gasteiger partial charge in [-0.05, 0) is 19.8 Å². The van der Waals surface area contributed by atoms with Crippen molar-refractivity contribution < 1.29 is 9.66 Å². The molecule has 0 spiro atoms. The van der Waals surface area contributed by atoms with Gasteiger partial charge in [0.15, 0.2) is 0 Å². The van der Waals surface area contributed by atoms with Crippen LogP contribution in [0.2, 0.25) is 0 Å². The molecule has 1 aliphatic carbocycles. The molecule has 1 heterocycles. The molecule has 0 aromatic carbocycles. The van der Waals surface area contributed by atoms with E-state index in [0.29, 0.717) is 12.2 Å². The van der Waals surface area contributed by atoms with E-state index >= 15 is 0 Å².